The van der Waals surface area contributed by atoms with Crippen LogP contribution in [0, 0.1) is 5.82 Å². The van der Waals surface area contributed by atoms with Gasteiger partial charge in [-0.1, -0.05) is 76.9 Å². The zero-order valence-corrected chi connectivity index (χ0v) is 22.5. The number of halogens is 4. The summed E-state index contributed by atoms with van der Waals surface area (Å²) in [6.07, 6.45) is -0.831. The summed E-state index contributed by atoms with van der Waals surface area (Å²) in [7, 11) is 1.33. The van der Waals surface area contributed by atoms with Gasteiger partial charge in [-0.25, -0.2) is 19.1 Å². The summed E-state index contributed by atoms with van der Waals surface area (Å²) in [5, 5.41) is 3.24. The van der Waals surface area contributed by atoms with Crippen molar-refractivity contribution in [3.8, 4) is 0 Å². The average molecular weight is 603 g/mol. The van der Waals surface area contributed by atoms with Gasteiger partial charge in [-0.05, 0) is 35.2 Å². The number of nitrogens with zero attached hydrogens (tertiary/aromatic N) is 3. The van der Waals surface area contributed by atoms with Gasteiger partial charge in [0, 0.05) is 12.7 Å². The SMILES string of the molecule is CN1C(=O)C(=NC(Nc2ccc(C(C)(C)C)cc2)C(Br)(Br)CCl)N(c2ccccc2F)C1=O. The fourth-order valence-corrected chi connectivity index (χ4v) is 3.77. The molecule has 0 saturated carbocycles. The van der Waals surface area contributed by atoms with Crippen LogP contribution in [0.1, 0.15) is 26.3 Å². The van der Waals surface area contributed by atoms with Crippen LogP contribution in [0.2, 0.25) is 0 Å². The topological polar surface area (TPSA) is 65.0 Å². The minimum atomic E-state index is -0.970. The van der Waals surface area contributed by atoms with Crippen molar-refractivity contribution >= 4 is 72.6 Å². The molecule has 1 aliphatic rings. The van der Waals surface area contributed by atoms with Gasteiger partial charge in [0.15, 0.2) is 0 Å². The smallest absolute Gasteiger partial charge is 0.337 e. The van der Waals surface area contributed by atoms with Crippen LogP contribution in [0.3, 0.4) is 0 Å². The van der Waals surface area contributed by atoms with Crippen molar-refractivity contribution in [2.45, 2.75) is 35.6 Å². The van der Waals surface area contributed by atoms with E-state index in [-0.39, 0.29) is 22.8 Å². The molecule has 0 bridgehead atoms. The molecule has 0 spiro atoms. The van der Waals surface area contributed by atoms with E-state index in [9.17, 15) is 14.0 Å². The Hall–Kier alpha value is -1.97. The number of aliphatic imine (C=N–C) groups is 1. The molecule has 3 rings (SSSR count). The van der Waals surface area contributed by atoms with Crippen molar-refractivity contribution < 1.29 is 14.0 Å². The number of rotatable bonds is 6. The van der Waals surface area contributed by atoms with Gasteiger partial charge in [-0.2, -0.15) is 0 Å². The Morgan fingerprint density at radius 2 is 1.70 bits per heavy atom. The van der Waals surface area contributed by atoms with E-state index in [4.69, 9.17) is 11.6 Å². The molecular weight excluding hydrogens is 579 g/mol. The Labute approximate surface area is 214 Å². The van der Waals surface area contributed by atoms with Gasteiger partial charge < -0.3 is 5.32 Å². The molecule has 0 radical (unpaired) electrons. The summed E-state index contributed by atoms with van der Waals surface area (Å²) in [4.78, 5) is 32.1. The summed E-state index contributed by atoms with van der Waals surface area (Å²) < 4.78 is 13.6. The normalized spacial score (nSPS) is 17.2. The molecule has 3 amide bonds. The van der Waals surface area contributed by atoms with Crippen molar-refractivity contribution in [3.63, 3.8) is 0 Å². The van der Waals surface area contributed by atoms with E-state index in [1.807, 2.05) is 24.3 Å². The van der Waals surface area contributed by atoms with Crippen LogP contribution in [0.25, 0.3) is 0 Å². The molecule has 10 heteroatoms. The number of benzene rings is 2. The first-order chi connectivity index (χ1) is 15.4. The number of anilines is 2. The maximum Gasteiger partial charge on any atom is 0.337 e. The van der Waals surface area contributed by atoms with Crippen LogP contribution in [0.5, 0.6) is 0 Å². The fraction of sp³-hybridized carbons (Fsp3) is 0.348. The van der Waals surface area contributed by atoms with Gasteiger partial charge in [0.1, 0.15) is 15.2 Å². The van der Waals surface area contributed by atoms with E-state index in [2.05, 4.69) is 62.9 Å². The van der Waals surface area contributed by atoms with Crippen LogP contribution in [-0.2, 0) is 10.2 Å². The summed E-state index contributed by atoms with van der Waals surface area (Å²) >= 11 is 13.2. The van der Waals surface area contributed by atoms with Crippen LogP contribution in [0.4, 0.5) is 20.6 Å². The second-order valence-corrected chi connectivity index (χ2v) is 12.8. The van der Waals surface area contributed by atoms with Crippen molar-refractivity contribution in [2.24, 2.45) is 4.99 Å². The summed E-state index contributed by atoms with van der Waals surface area (Å²) in [5.74, 6) is -1.45. The highest BCUT2D eigenvalue weighted by Gasteiger charge is 2.44. The molecule has 176 valence electrons. The first-order valence-electron chi connectivity index (χ1n) is 10.1. The van der Waals surface area contributed by atoms with Crippen LogP contribution >= 0.6 is 43.5 Å². The third kappa shape index (κ3) is 5.41. The molecule has 1 heterocycles. The number of amidine groups is 1. The monoisotopic (exact) mass is 600 g/mol. The molecule has 1 N–H and O–H groups in total. The van der Waals surface area contributed by atoms with E-state index in [1.54, 1.807) is 6.07 Å². The summed E-state index contributed by atoms with van der Waals surface area (Å²) in [6, 6.07) is 12.8. The molecule has 2 aromatic carbocycles. The predicted octanol–water partition coefficient (Wildman–Crippen LogP) is 6.08. The Morgan fingerprint density at radius 3 is 2.24 bits per heavy atom. The largest absolute Gasteiger partial charge is 0.362 e. The first kappa shape index (κ1) is 25.6. The van der Waals surface area contributed by atoms with E-state index >= 15 is 0 Å². The number of carbonyl (C=O) groups is 2. The molecule has 0 aliphatic carbocycles. The number of imide groups is 1. The lowest BCUT2D eigenvalue weighted by atomic mass is 9.87. The number of hydrogen-bond donors (Lipinski definition) is 1. The Bertz CT molecular complexity index is 1090. The molecule has 1 aliphatic heterocycles. The molecule has 2 aromatic rings. The molecule has 1 unspecified atom stereocenters. The van der Waals surface area contributed by atoms with Gasteiger partial charge in [-0.3, -0.25) is 9.69 Å². The minimum Gasteiger partial charge on any atom is -0.362 e. The zero-order chi connectivity index (χ0) is 24.6. The number of amides is 3. The van der Waals surface area contributed by atoms with E-state index in [0.29, 0.717) is 0 Å². The third-order valence-electron chi connectivity index (χ3n) is 5.16. The van der Waals surface area contributed by atoms with Gasteiger partial charge >= 0.3 is 6.03 Å². The van der Waals surface area contributed by atoms with Crippen molar-refractivity contribution in [1.82, 2.24) is 4.90 Å². The quantitative estimate of drug-likeness (QED) is 0.322. The van der Waals surface area contributed by atoms with E-state index in [1.165, 1.54) is 25.2 Å². The van der Waals surface area contributed by atoms with Crippen LogP contribution in [-0.4, -0.2) is 45.0 Å². The third-order valence-corrected chi connectivity index (χ3v) is 7.66. The molecular formula is C23H24Br2ClFN4O2. The second-order valence-electron chi connectivity index (χ2n) is 8.66. The van der Waals surface area contributed by atoms with Crippen LogP contribution in [0.15, 0.2) is 53.5 Å². The van der Waals surface area contributed by atoms with Crippen molar-refractivity contribution in [1.29, 1.82) is 0 Å². The van der Waals surface area contributed by atoms with E-state index < -0.39 is 27.2 Å². The predicted molar refractivity (Wildman–Crippen MR) is 138 cm³/mol. The second kappa shape index (κ2) is 9.72. The number of hydrogen-bond acceptors (Lipinski definition) is 4. The molecule has 33 heavy (non-hydrogen) atoms. The number of urea groups is 1. The Kier molecular flexibility index (Phi) is 7.55. The van der Waals surface area contributed by atoms with Gasteiger partial charge in [0.2, 0.25) is 5.84 Å². The van der Waals surface area contributed by atoms with Gasteiger partial charge in [0.25, 0.3) is 5.91 Å². The summed E-state index contributed by atoms with van der Waals surface area (Å²) in [5.41, 5.74) is 1.81. The standard InChI is InChI=1S/C23H24Br2ClFN4O2/c1-22(2,3)14-9-11-15(12-10-14)28-20(23(24,25)13-26)29-18-19(32)30(4)21(33)31(18)17-8-6-5-7-16(17)27/h5-12,20,28H,13H2,1-4H3. The van der Waals surface area contributed by atoms with Gasteiger partial charge in [0.05, 0.1) is 11.6 Å². The van der Waals surface area contributed by atoms with Gasteiger partial charge in [-0.15, -0.1) is 11.6 Å². The Morgan fingerprint density at radius 1 is 1.09 bits per heavy atom. The lowest BCUT2D eigenvalue weighted by Crippen LogP contribution is -2.41. The number of para-hydroxylation sites is 1. The number of likely N-dealkylation sites (N-methyl/N-ethyl adjacent to an activating group) is 1. The number of carbonyl (C=O) groups excluding carboxylic acids is 2. The minimum absolute atomic E-state index is 0.00955. The molecule has 1 saturated heterocycles. The fourth-order valence-electron chi connectivity index (χ4n) is 3.19. The lowest BCUT2D eigenvalue weighted by molar-refractivity contribution is -0.119. The van der Waals surface area contributed by atoms with Crippen LogP contribution < -0.4 is 10.2 Å². The zero-order valence-electron chi connectivity index (χ0n) is 18.6. The van der Waals surface area contributed by atoms with Crippen molar-refractivity contribution in [3.05, 3.63) is 59.9 Å². The molecule has 6 nitrogen and oxygen atoms in total. The average Bonchev–Trinajstić information content (AvgIpc) is 2.97. The maximum atomic E-state index is 14.5. The number of nitrogens with one attached hydrogen (secondary N) is 1. The summed E-state index contributed by atoms with van der Waals surface area (Å²) in [6.45, 7) is 6.36. The maximum absolute atomic E-state index is 14.5. The molecule has 0 aromatic heterocycles. The first-order valence-corrected chi connectivity index (χ1v) is 12.2. The molecule has 1 fully saturated rings. The highest BCUT2D eigenvalue weighted by molar-refractivity contribution is 9.25. The molecule has 1 atom stereocenters. The Balaban J connectivity index is 2.05. The lowest BCUT2D eigenvalue weighted by Gasteiger charge is -2.29. The highest BCUT2D eigenvalue weighted by Crippen LogP contribution is 2.36. The van der Waals surface area contributed by atoms with Crippen molar-refractivity contribution in [2.75, 3.05) is 23.1 Å². The van der Waals surface area contributed by atoms with E-state index in [0.717, 1.165) is 21.1 Å². The highest BCUT2D eigenvalue weighted by atomic mass is 79.9. The number of alkyl halides is 3.